The Bertz CT molecular complexity index is 779. The molecule has 0 radical (unpaired) electrons. The monoisotopic (exact) mass is 377 g/mol. The van der Waals surface area contributed by atoms with Crippen molar-refractivity contribution in [3.05, 3.63) is 40.4 Å². The average Bonchev–Trinajstić information content (AvgIpc) is 2.69. The Balaban J connectivity index is 1.71. The molecule has 0 aliphatic carbocycles. The van der Waals surface area contributed by atoms with Gasteiger partial charge in [-0.2, -0.15) is 0 Å². The molecule has 26 heavy (non-hydrogen) atoms. The van der Waals surface area contributed by atoms with Gasteiger partial charge in [-0.05, 0) is 19.1 Å². The third-order valence-corrected chi connectivity index (χ3v) is 4.46. The Morgan fingerprint density at radius 1 is 1.35 bits per heavy atom. The molecule has 3 rings (SSSR count). The second-order valence-electron chi connectivity index (χ2n) is 5.75. The number of nitrogens with zero attached hydrogens (tertiary/aromatic N) is 4. The standard InChI is InChI=1S/C17H20ClN5O3/c1-11-14(10-20-16(24)13-4-3-12(25-2)9-19-13)21-17(22-15(11)18)23-5-7-26-8-6-23/h3-4,9H,5-8,10H2,1-2H3,(H,20,24). The SMILES string of the molecule is COc1ccc(C(=O)NCc2nc(N3CCOCC3)nc(Cl)c2C)nc1. The predicted molar refractivity (Wildman–Crippen MR) is 96.8 cm³/mol. The predicted octanol–water partition coefficient (Wildman–Crippen LogP) is 1.61. The van der Waals surface area contributed by atoms with E-state index in [0.717, 1.165) is 5.56 Å². The van der Waals surface area contributed by atoms with E-state index < -0.39 is 0 Å². The number of nitrogens with one attached hydrogen (secondary N) is 1. The molecule has 1 aliphatic rings. The van der Waals surface area contributed by atoms with Crippen molar-refractivity contribution in [2.75, 3.05) is 38.3 Å². The van der Waals surface area contributed by atoms with Crippen LogP contribution in [0.15, 0.2) is 18.3 Å². The van der Waals surface area contributed by atoms with E-state index >= 15 is 0 Å². The number of hydrogen-bond donors (Lipinski definition) is 1. The number of carbonyl (C=O) groups is 1. The van der Waals surface area contributed by atoms with Gasteiger partial charge < -0.3 is 19.7 Å². The van der Waals surface area contributed by atoms with Crippen LogP contribution in [0.3, 0.4) is 0 Å². The van der Waals surface area contributed by atoms with Crippen LogP contribution in [0.4, 0.5) is 5.95 Å². The summed E-state index contributed by atoms with van der Waals surface area (Å²) in [6, 6.07) is 3.29. The number of carbonyl (C=O) groups excluding carboxylic acids is 1. The van der Waals surface area contributed by atoms with Crippen LogP contribution < -0.4 is 15.0 Å². The molecule has 2 aromatic rings. The summed E-state index contributed by atoms with van der Waals surface area (Å²) in [6.45, 7) is 4.74. The molecule has 1 aliphatic heterocycles. The first-order valence-electron chi connectivity index (χ1n) is 8.22. The zero-order valence-corrected chi connectivity index (χ0v) is 15.4. The van der Waals surface area contributed by atoms with Crippen LogP contribution >= 0.6 is 11.6 Å². The van der Waals surface area contributed by atoms with Crippen molar-refractivity contribution in [3.63, 3.8) is 0 Å². The van der Waals surface area contributed by atoms with Gasteiger partial charge >= 0.3 is 0 Å². The number of anilines is 1. The second kappa shape index (κ2) is 8.29. The Hall–Kier alpha value is -2.45. The van der Waals surface area contributed by atoms with Crippen molar-refractivity contribution in [2.24, 2.45) is 0 Å². The van der Waals surface area contributed by atoms with Crippen LogP contribution in [0.1, 0.15) is 21.7 Å². The summed E-state index contributed by atoms with van der Waals surface area (Å²) in [5.41, 5.74) is 1.72. The third kappa shape index (κ3) is 4.20. The van der Waals surface area contributed by atoms with Crippen LogP contribution in [0.2, 0.25) is 5.15 Å². The zero-order valence-electron chi connectivity index (χ0n) is 14.7. The second-order valence-corrected chi connectivity index (χ2v) is 6.11. The van der Waals surface area contributed by atoms with Gasteiger partial charge in [0, 0.05) is 18.7 Å². The maximum Gasteiger partial charge on any atom is 0.270 e. The van der Waals surface area contributed by atoms with E-state index in [4.69, 9.17) is 21.1 Å². The van der Waals surface area contributed by atoms with Crippen molar-refractivity contribution in [1.29, 1.82) is 0 Å². The molecule has 1 fully saturated rings. The minimum Gasteiger partial charge on any atom is -0.495 e. The first-order chi connectivity index (χ1) is 12.6. The van der Waals surface area contributed by atoms with E-state index in [1.54, 1.807) is 19.2 Å². The van der Waals surface area contributed by atoms with Crippen molar-refractivity contribution >= 4 is 23.5 Å². The molecular weight excluding hydrogens is 358 g/mol. The fourth-order valence-electron chi connectivity index (χ4n) is 2.49. The van der Waals surface area contributed by atoms with E-state index in [2.05, 4.69) is 20.3 Å². The Morgan fingerprint density at radius 2 is 2.12 bits per heavy atom. The molecule has 0 spiro atoms. The summed E-state index contributed by atoms with van der Waals surface area (Å²) in [7, 11) is 1.55. The number of pyridine rings is 1. The van der Waals surface area contributed by atoms with Gasteiger partial charge in [0.25, 0.3) is 5.91 Å². The molecule has 0 aromatic carbocycles. The van der Waals surface area contributed by atoms with E-state index in [0.29, 0.717) is 54.5 Å². The van der Waals surface area contributed by atoms with Gasteiger partial charge in [0.2, 0.25) is 5.95 Å². The number of methoxy groups -OCH3 is 1. The van der Waals surface area contributed by atoms with Gasteiger partial charge in [-0.25, -0.2) is 15.0 Å². The summed E-state index contributed by atoms with van der Waals surface area (Å²) in [4.78, 5) is 27.3. The van der Waals surface area contributed by atoms with Crippen molar-refractivity contribution < 1.29 is 14.3 Å². The Morgan fingerprint density at radius 3 is 2.77 bits per heavy atom. The van der Waals surface area contributed by atoms with E-state index in [1.807, 2.05) is 11.8 Å². The molecule has 9 heteroatoms. The topological polar surface area (TPSA) is 89.5 Å². The summed E-state index contributed by atoms with van der Waals surface area (Å²) < 4.78 is 10.4. The van der Waals surface area contributed by atoms with Crippen molar-refractivity contribution in [2.45, 2.75) is 13.5 Å². The van der Waals surface area contributed by atoms with E-state index in [1.165, 1.54) is 6.20 Å². The van der Waals surface area contributed by atoms with Crippen molar-refractivity contribution in [1.82, 2.24) is 20.3 Å². The summed E-state index contributed by atoms with van der Waals surface area (Å²) in [5, 5.41) is 3.20. The zero-order chi connectivity index (χ0) is 18.5. The number of hydrogen-bond acceptors (Lipinski definition) is 7. The lowest BCUT2D eigenvalue weighted by Crippen LogP contribution is -2.37. The van der Waals surface area contributed by atoms with Crippen molar-refractivity contribution in [3.8, 4) is 5.75 Å². The van der Waals surface area contributed by atoms with Gasteiger partial charge in [0.15, 0.2) is 0 Å². The van der Waals surface area contributed by atoms with E-state index in [9.17, 15) is 4.79 Å². The number of halogens is 1. The van der Waals surface area contributed by atoms with Gasteiger partial charge in [-0.15, -0.1) is 0 Å². The lowest BCUT2D eigenvalue weighted by Gasteiger charge is -2.27. The van der Waals surface area contributed by atoms with Crippen LogP contribution in [0.25, 0.3) is 0 Å². The van der Waals surface area contributed by atoms with Crippen LogP contribution in [0, 0.1) is 6.92 Å². The fourth-order valence-corrected chi connectivity index (χ4v) is 2.67. The summed E-state index contributed by atoms with van der Waals surface area (Å²) in [5.74, 6) is 0.848. The molecule has 8 nitrogen and oxygen atoms in total. The maximum atomic E-state index is 12.3. The average molecular weight is 378 g/mol. The van der Waals surface area contributed by atoms with Crippen LogP contribution in [0.5, 0.6) is 5.75 Å². The highest BCUT2D eigenvalue weighted by Gasteiger charge is 2.18. The molecule has 3 heterocycles. The molecule has 0 unspecified atom stereocenters. The molecule has 2 aromatic heterocycles. The van der Waals surface area contributed by atoms with Gasteiger partial charge in [0.1, 0.15) is 16.6 Å². The highest BCUT2D eigenvalue weighted by molar-refractivity contribution is 6.30. The molecule has 1 amide bonds. The quantitative estimate of drug-likeness (QED) is 0.791. The molecular formula is C17H20ClN5O3. The molecule has 1 saturated heterocycles. The number of aromatic nitrogens is 3. The van der Waals surface area contributed by atoms with Gasteiger partial charge in [0.05, 0.1) is 38.8 Å². The number of amides is 1. The first kappa shape index (κ1) is 18.3. The molecule has 0 saturated carbocycles. The van der Waals surface area contributed by atoms with Crippen LogP contribution in [-0.2, 0) is 11.3 Å². The minimum atomic E-state index is -0.297. The minimum absolute atomic E-state index is 0.234. The smallest absolute Gasteiger partial charge is 0.270 e. The Kier molecular flexibility index (Phi) is 5.85. The van der Waals surface area contributed by atoms with Gasteiger partial charge in [-0.3, -0.25) is 4.79 Å². The lowest BCUT2D eigenvalue weighted by atomic mass is 10.2. The highest BCUT2D eigenvalue weighted by Crippen LogP contribution is 2.20. The maximum absolute atomic E-state index is 12.3. The number of rotatable bonds is 5. The van der Waals surface area contributed by atoms with E-state index in [-0.39, 0.29) is 12.5 Å². The summed E-state index contributed by atoms with van der Waals surface area (Å²) in [6.07, 6.45) is 1.50. The molecule has 1 N–H and O–H groups in total. The fraction of sp³-hybridized carbons (Fsp3) is 0.412. The Labute approximate surface area is 156 Å². The molecule has 0 atom stereocenters. The molecule has 138 valence electrons. The first-order valence-corrected chi connectivity index (χ1v) is 8.60. The number of morpholine rings is 1. The molecule has 0 bridgehead atoms. The number of ether oxygens (including phenoxy) is 2. The highest BCUT2D eigenvalue weighted by atomic mass is 35.5. The lowest BCUT2D eigenvalue weighted by molar-refractivity contribution is 0.0945. The largest absolute Gasteiger partial charge is 0.495 e. The summed E-state index contributed by atoms with van der Waals surface area (Å²) >= 11 is 6.26. The van der Waals surface area contributed by atoms with Crippen LogP contribution in [-0.4, -0.2) is 54.3 Å². The third-order valence-electron chi connectivity index (χ3n) is 4.09. The van der Waals surface area contributed by atoms with Gasteiger partial charge in [-0.1, -0.05) is 11.6 Å². The normalized spacial score (nSPS) is 14.2.